The maximum absolute atomic E-state index is 9.27. The molecule has 0 saturated heterocycles. The van der Waals surface area contributed by atoms with Crippen molar-refractivity contribution in [2.45, 2.75) is 32.4 Å². The standard InChI is InChI=1S/C12H18ClNO2/c1-3-12(2,8-15)14-7-9-4-5-11(16)10(13)6-9/h4-6,14-16H,3,7-8H2,1-2H3. The molecule has 0 bridgehead atoms. The molecule has 16 heavy (non-hydrogen) atoms. The van der Waals surface area contributed by atoms with Crippen LogP contribution in [-0.2, 0) is 6.54 Å². The molecule has 0 aliphatic rings. The summed E-state index contributed by atoms with van der Waals surface area (Å²) in [5.41, 5.74) is 0.709. The number of benzene rings is 1. The minimum atomic E-state index is -0.273. The summed E-state index contributed by atoms with van der Waals surface area (Å²) in [5.74, 6) is 0.0887. The van der Waals surface area contributed by atoms with Gasteiger partial charge in [0.2, 0.25) is 0 Å². The Morgan fingerprint density at radius 2 is 2.12 bits per heavy atom. The van der Waals surface area contributed by atoms with Crippen LogP contribution in [0.1, 0.15) is 25.8 Å². The lowest BCUT2D eigenvalue weighted by Crippen LogP contribution is -2.44. The molecule has 0 radical (unpaired) electrons. The predicted molar refractivity (Wildman–Crippen MR) is 65.7 cm³/mol. The molecular weight excluding hydrogens is 226 g/mol. The molecule has 3 nitrogen and oxygen atoms in total. The number of aromatic hydroxyl groups is 1. The van der Waals surface area contributed by atoms with Crippen LogP contribution >= 0.6 is 11.6 Å². The van der Waals surface area contributed by atoms with E-state index in [4.69, 9.17) is 11.6 Å². The molecule has 1 aromatic carbocycles. The number of hydrogen-bond acceptors (Lipinski definition) is 3. The molecule has 0 aliphatic heterocycles. The van der Waals surface area contributed by atoms with E-state index < -0.39 is 0 Å². The van der Waals surface area contributed by atoms with Gasteiger partial charge in [-0.15, -0.1) is 0 Å². The second-order valence-corrected chi connectivity index (χ2v) is 4.62. The number of aliphatic hydroxyl groups is 1. The third kappa shape index (κ3) is 3.37. The number of rotatable bonds is 5. The van der Waals surface area contributed by atoms with Crippen LogP contribution in [0.2, 0.25) is 5.02 Å². The summed E-state index contributed by atoms with van der Waals surface area (Å²) in [5, 5.41) is 22.1. The molecule has 0 aliphatic carbocycles. The molecule has 90 valence electrons. The fraction of sp³-hybridized carbons (Fsp3) is 0.500. The molecule has 1 atom stereocenters. The van der Waals surface area contributed by atoms with E-state index in [-0.39, 0.29) is 17.9 Å². The summed E-state index contributed by atoms with van der Waals surface area (Å²) >= 11 is 5.80. The van der Waals surface area contributed by atoms with Crippen LogP contribution in [0.25, 0.3) is 0 Å². The minimum absolute atomic E-state index is 0.0887. The van der Waals surface area contributed by atoms with Crippen LogP contribution in [-0.4, -0.2) is 22.4 Å². The first-order chi connectivity index (χ1) is 7.50. The highest BCUT2D eigenvalue weighted by molar-refractivity contribution is 6.32. The summed E-state index contributed by atoms with van der Waals surface area (Å²) in [7, 11) is 0. The molecule has 4 heteroatoms. The van der Waals surface area contributed by atoms with Gasteiger partial charge in [-0.1, -0.05) is 24.6 Å². The summed E-state index contributed by atoms with van der Waals surface area (Å²) in [6.07, 6.45) is 0.843. The largest absolute Gasteiger partial charge is 0.506 e. The van der Waals surface area contributed by atoms with E-state index in [9.17, 15) is 10.2 Å². The third-order valence-electron chi connectivity index (χ3n) is 2.86. The van der Waals surface area contributed by atoms with Crippen molar-refractivity contribution >= 4 is 11.6 Å². The first-order valence-electron chi connectivity index (χ1n) is 5.34. The molecule has 0 spiro atoms. The van der Waals surface area contributed by atoms with Crippen LogP contribution in [0.4, 0.5) is 0 Å². The average Bonchev–Trinajstić information content (AvgIpc) is 2.30. The topological polar surface area (TPSA) is 52.5 Å². The van der Waals surface area contributed by atoms with Crippen molar-refractivity contribution in [3.05, 3.63) is 28.8 Å². The Morgan fingerprint density at radius 3 is 2.62 bits per heavy atom. The second kappa shape index (κ2) is 5.53. The number of nitrogens with one attached hydrogen (secondary N) is 1. The molecule has 0 aromatic heterocycles. The fourth-order valence-corrected chi connectivity index (χ4v) is 1.47. The van der Waals surface area contributed by atoms with Crippen molar-refractivity contribution in [3.8, 4) is 5.75 Å². The van der Waals surface area contributed by atoms with Gasteiger partial charge >= 0.3 is 0 Å². The molecular formula is C12H18ClNO2. The lowest BCUT2D eigenvalue weighted by atomic mass is 10.00. The first-order valence-corrected chi connectivity index (χ1v) is 5.72. The Bertz CT molecular complexity index is 351. The zero-order valence-electron chi connectivity index (χ0n) is 9.63. The molecule has 1 aromatic rings. The van der Waals surface area contributed by atoms with Crippen molar-refractivity contribution < 1.29 is 10.2 Å². The van der Waals surface area contributed by atoms with Crippen LogP contribution in [0.15, 0.2) is 18.2 Å². The number of hydrogen-bond donors (Lipinski definition) is 3. The van der Waals surface area contributed by atoms with Gasteiger partial charge in [-0.3, -0.25) is 0 Å². The molecule has 1 rings (SSSR count). The smallest absolute Gasteiger partial charge is 0.134 e. The number of halogens is 1. The van der Waals surface area contributed by atoms with E-state index in [0.29, 0.717) is 11.6 Å². The zero-order valence-corrected chi connectivity index (χ0v) is 10.4. The molecule has 0 fully saturated rings. The SMILES string of the molecule is CCC(C)(CO)NCc1ccc(O)c(Cl)c1. The van der Waals surface area contributed by atoms with E-state index >= 15 is 0 Å². The monoisotopic (exact) mass is 243 g/mol. The summed E-state index contributed by atoms with van der Waals surface area (Å²) < 4.78 is 0. The van der Waals surface area contributed by atoms with E-state index in [0.717, 1.165) is 12.0 Å². The normalized spacial score (nSPS) is 14.8. The van der Waals surface area contributed by atoms with Gasteiger partial charge in [0.1, 0.15) is 5.75 Å². The maximum Gasteiger partial charge on any atom is 0.134 e. The fourth-order valence-electron chi connectivity index (χ4n) is 1.27. The van der Waals surface area contributed by atoms with E-state index in [2.05, 4.69) is 5.32 Å². The Balaban J connectivity index is 2.64. The highest BCUT2D eigenvalue weighted by atomic mass is 35.5. The van der Waals surface area contributed by atoms with Gasteiger partial charge in [0.05, 0.1) is 11.6 Å². The van der Waals surface area contributed by atoms with Crippen molar-refractivity contribution in [2.75, 3.05) is 6.61 Å². The highest BCUT2D eigenvalue weighted by Gasteiger charge is 2.19. The molecule has 3 N–H and O–H groups in total. The van der Waals surface area contributed by atoms with Gasteiger partial charge in [-0.05, 0) is 31.0 Å². The van der Waals surface area contributed by atoms with Crippen molar-refractivity contribution in [2.24, 2.45) is 0 Å². The molecule has 1 unspecified atom stereocenters. The number of aliphatic hydroxyl groups excluding tert-OH is 1. The van der Waals surface area contributed by atoms with Crippen molar-refractivity contribution in [3.63, 3.8) is 0 Å². The average molecular weight is 244 g/mol. The van der Waals surface area contributed by atoms with Crippen LogP contribution in [0.3, 0.4) is 0 Å². The maximum atomic E-state index is 9.27. The van der Waals surface area contributed by atoms with Crippen LogP contribution < -0.4 is 5.32 Å². The van der Waals surface area contributed by atoms with Gasteiger partial charge in [-0.2, -0.15) is 0 Å². The summed E-state index contributed by atoms with van der Waals surface area (Å²) in [6, 6.07) is 5.10. The van der Waals surface area contributed by atoms with Gasteiger partial charge in [0.15, 0.2) is 0 Å². The van der Waals surface area contributed by atoms with Gasteiger partial charge in [0.25, 0.3) is 0 Å². The summed E-state index contributed by atoms with van der Waals surface area (Å²) in [6.45, 7) is 4.70. The first kappa shape index (κ1) is 13.3. The Hall–Kier alpha value is -0.770. The van der Waals surface area contributed by atoms with Crippen LogP contribution in [0, 0.1) is 0 Å². The quantitative estimate of drug-likeness (QED) is 0.744. The van der Waals surface area contributed by atoms with Gasteiger partial charge in [-0.25, -0.2) is 0 Å². The summed E-state index contributed by atoms with van der Waals surface area (Å²) in [4.78, 5) is 0. The molecule has 0 heterocycles. The predicted octanol–water partition coefficient (Wildman–Crippen LogP) is 2.30. The van der Waals surface area contributed by atoms with Crippen molar-refractivity contribution in [1.82, 2.24) is 5.32 Å². The third-order valence-corrected chi connectivity index (χ3v) is 3.16. The lowest BCUT2D eigenvalue weighted by Gasteiger charge is -2.27. The number of phenolic OH excluding ortho intramolecular Hbond substituents is 1. The Labute approximate surface area is 101 Å². The zero-order chi connectivity index (χ0) is 12.2. The lowest BCUT2D eigenvalue weighted by molar-refractivity contribution is 0.169. The molecule has 0 saturated carbocycles. The van der Waals surface area contributed by atoms with Gasteiger partial charge < -0.3 is 15.5 Å². The number of phenols is 1. The highest BCUT2D eigenvalue weighted by Crippen LogP contribution is 2.23. The van der Waals surface area contributed by atoms with E-state index in [1.165, 1.54) is 0 Å². The minimum Gasteiger partial charge on any atom is -0.506 e. The van der Waals surface area contributed by atoms with E-state index in [1.807, 2.05) is 19.9 Å². The van der Waals surface area contributed by atoms with Crippen molar-refractivity contribution in [1.29, 1.82) is 0 Å². The van der Waals surface area contributed by atoms with E-state index in [1.54, 1.807) is 12.1 Å². The second-order valence-electron chi connectivity index (χ2n) is 4.21. The van der Waals surface area contributed by atoms with Gasteiger partial charge in [0, 0.05) is 12.1 Å². The Morgan fingerprint density at radius 1 is 1.44 bits per heavy atom. The van der Waals surface area contributed by atoms with Crippen LogP contribution in [0.5, 0.6) is 5.75 Å². The molecule has 0 amide bonds. The Kier molecular flexibility index (Phi) is 4.59.